The van der Waals surface area contributed by atoms with Gasteiger partial charge in [-0.25, -0.2) is 0 Å². The molecule has 0 amide bonds. The first kappa shape index (κ1) is 16.2. The zero-order valence-corrected chi connectivity index (χ0v) is 13.5. The summed E-state index contributed by atoms with van der Waals surface area (Å²) in [6.45, 7) is 7.04. The van der Waals surface area contributed by atoms with Gasteiger partial charge in [0.1, 0.15) is 11.5 Å². The topological polar surface area (TPSA) is 32.7 Å². The maximum atomic E-state index is 10.2. The predicted molar refractivity (Wildman–Crippen MR) is 86.8 cm³/mol. The number of aromatic hydroxyl groups is 1. The molecule has 0 radical (unpaired) electrons. The van der Waals surface area contributed by atoms with Crippen molar-refractivity contribution in [2.45, 2.75) is 65.0 Å². The molecule has 1 aromatic rings. The van der Waals surface area contributed by atoms with Crippen LogP contribution in [0, 0.1) is 0 Å². The van der Waals surface area contributed by atoms with E-state index < -0.39 is 0 Å². The van der Waals surface area contributed by atoms with Crippen LogP contribution in [0.4, 0.5) is 0 Å². The number of hydrogen-bond acceptors (Lipinski definition) is 3. The Morgan fingerprint density at radius 1 is 1.24 bits per heavy atom. The molecular weight excluding hydrogens is 262 g/mol. The van der Waals surface area contributed by atoms with Crippen molar-refractivity contribution in [1.82, 2.24) is 4.90 Å². The van der Waals surface area contributed by atoms with Crippen molar-refractivity contribution in [1.29, 1.82) is 0 Å². The van der Waals surface area contributed by atoms with E-state index in [2.05, 4.69) is 18.7 Å². The molecule has 3 nitrogen and oxygen atoms in total. The highest BCUT2D eigenvalue weighted by atomic mass is 16.5. The molecule has 0 aromatic heterocycles. The Hall–Kier alpha value is -1.22. The van der Waals surface area contributed by atoms with Crippen molar-refractivity contribution in [3.8, 4) is 11.5 Å². The highest BCUT2D eigenvalue weighted by molar-refractivity contribution is 5.39. The van der Waals surface area contributed by atoms with Gasteiger partial charge in [-0.3, -0.25) is 4.90 Å². The molecule has 0 spiro atoms. The van der Waals surface area contributed by atoms with Crippen molar-refractivity contribution < 1.29 is 9.84 Å². The summed E-state index contributed by atoms with van der Waals surface area (Å²) in [6.07, 6.45) is 7.41. The van der Waals surface area contributed by atoms with Crippen LogP contribution in [-0.4, -0.2) is 29.2 Å². The molecule has 1 aromatic carbocycles. The summed E-state index contributed by atoms with van der Waals surface area (Å²) >= 11 is 0. The van der Waals surface area contributed by atoms with Gasteiger partial charge >= 0.3 is 0 Å². The molecule has 0 saturated carbocycles. The summed E-state index contributed by atoms with van der Waals surface area (Å²) in [5.41, 5.74) is 1.01. The van der Waals surface area contributed by atoms with Crippen LogP contribution in [0.5, 0.6) is 11.5 Å². The highest BCUT2D eigenvalue weighted by Crippen LogP contribution is 2.28. The molecule has 1 heterocycles. The maximum Gasteiger partial charge on any atom is 0.123 e. The molecular formula is C18H29NO2. The van der Waals surface area contributed by atoms with Crippen molar-refractivity contribution >= 4 is 0 Å². The average molecular weight is 291 g/mol. The van der Waals surface area contributed by atoms with Crippen LogP contribution < -0.4 is 4.74 Å². The van der Waals surface area contributed by atoms with Gasteiger partial charge < -0.3 is 9.84 Å². The Morgan fingerprint density at radius 2 is 2.10 bits per heavy atom. The van der Waals surface area contributed by atoms with E-state index in [-0.39, 0.29) is 0 Å². The summed E-state index contributed by atoms with van der Waals surface area (Å²) in [5, 5.41) is 10.2. The number of ether oxygens (including phenoxy) is 1. The number of phenolic OH excluding ortho intramolecular Hbond substituents is 1. The zero-order valence-electron chi connectivity index (χ0n) is 13.5. The first-order valence-corrected chi connectivity index (χ1v) is 8.43. The molecule has 3 heteroatoms. The van der Waals surface area contributed by atoms with E-state index in [4.69, 9.17) is 4.74 Å². The zero-order chi connectivity index (χ0) is 15.1. The minimum atomic E-state index is 0.364. The number of likely N-dealkylation sites (tertiary alicyclic amines) is 1. The highest BCUT2D eigenvalue weighted by Gasteiger charge is 2.20. The minimum Gasteiger partial charge on any atom is -0.507 e. The van der Waals surface area contributed by atoms with Gasteiger partial charge in [-0.15, -0.1) is 0 Å². The molecule has 1 atom stereocenters. The van der Waals surface area contributed by atoms with Gasteiger partial charge in [0.15, 0.2) is 0 Å². The third-order valence-corrected chi connectivity index (χ3v) is 4.37. The van der Waals surface area contributed by atoms with Crippen LogP contribution in [0.2, 0.25) is 0 Å². The summed E-state index contributed by atoms with van der Waals surface area (Å²) < 4.78 is 5.57. The van der Waals surface area contributed by atoms with Crippen LogP contribution in [0.25, 0.3) is 0 Å². The standard InChI is InChI=1S/C18H29NO2/c1-3-12-21-17-10-9-15(18(20)13-17)14-19-11-7-5-6-8-16(19)4-2/h9-10,13,16,20H,3-8,11-12,14H2,1-2H3. The Balaban J connectivity index is 2.03. The fraction of sp³-hybridized carbons (Fsp3) is 0.667. The lowest BCUT2D eigenvalue weighted by Crippen LogP contribution is -2.33. The lowest BCUT2D eigenvalue weighted by molar-refractivity contribution is 0.184. The van der Waals surface area contributed by atoms with E-state index in [1.54, 1.807) is 6.07 Å². The van der Waals surface area contributed by atoms with Gasteiger partial charge in [-0.05, 0) is 38.3 Å². The molecule has 1 N–H and O–H groups in total. The van der Waals surface area contributed by atoms with Gasteiger partial charge in [0.25, 0.3) is 0 Å². The summed E-state index contributed by atoms with van der Waals surface area (Å²) in [5.74, 6) is 1.13. The van der Waals surface area contributed by atoms with E-state index in [1.165, 1.54) is 32.1 Å². The lowest BCUT2D eigenvalue weighted by atomic mass is 10.1. The van der Waals surface area contributed by atoms with Crippen LogP contribution in [0.1, 0.15) is 57.9 Å². The SMILES string of the molecule is CCCOc1ccc(CN2CCCCCC2CC)c(O)c1. The number of rotatable bonds is 6. The lowest BCUT2D eigenvalue weighted by Gasteiger charge is -2.29. The van der Waals surface area contributed by atoms with E-state index in [1.807, 2.05) is 12.1 Å². The van der Waals surface area contributed by atoms with Gasteiger partial charge in [-0.1, -0.05) is 32.8 Å². The van der Waals surface area contributed by atoms with Gasteiger partial charge in [0.2, 0.25) is 0 Å². The second-order valence-corrected chi connectivity index (χ2v) is 6.02. The summed E-state index contributed by atoms with van der Waals surface area (Å²) in [6, 6.07) is 6.40. The van der Waals surface area contributed by atoms with Crippen molar-refractivity contribution in [2.75, 3.05) is 13.2 Å². The fourth-order valence-electron chi connectivity index (χ4n) is 3.11. The normalized spacial score (nSPS) is 20.2. The van der Waals surface area contributed by atoms with Gasteiger partial charge in [0, 0.05) is 24.2 Å². The van der Waals surface area contributed by atoms with Crippen molar-refractivity contribution in [3.63, 3.8) is 0 Å². The fourth-order valence-corrected chi connectivity index (χ4v) is 3.11. The van der Waals surface area contributed by atoms with Crippen LogP contribution >= 0.6 is 0 Å². The molecule has 0 aliphatic carbocycles. The molecule has 0 bridgehead atoms. The molecule has 1 unspecified atom stereocenters. The number of phenols is 1. The van der Waals surface area contributed by atoms with E-state index in [9.17, 15) is 5.11 Å². The summed E-state index contributed by atoms with van der Waals surface area (Å²) in [7, 11) is 0. The van der Waals surface area contributed by atoms with Crippen molar-refractivity contribution in [2.24, 2.45) is 0 Å². The first-order valence-electron chi connectivity index (χ1n) is 8.43. The third-order valence-electron chi connectivity index (χ3n) is 4.37. The number of nitrogens with zero attached hydrogens (tertiary/aromatic N) is 1. The van der Waals surface area contributed by atoms with E-state index in [0.29, 0.717) is 18.4 Å². The molecule has 1 aliphatic heterocycles. The average Bonchev–Trinajstić information content (AvgIpc) is 2.72. The third kappa shape index (κ3) is 4.63. The molecule has 21 heavy (non-hydrogen) atoms. The van der Waals surface area contributed by atoms with E-state index >= 15 is 0 Å². The Bertz CT molecular complexity index is 433. The molecule has 1 fully saturated rings. The van der Waals surface area contributed by atoms with Crippen LogP contribution in [0.15, 0.2) is 18.2 Å². The minimum absolute atomic E-state index is 0.364. The second-order valence-electron chi connectivity index (χ2n) is 6.02. The number of hydrogen-bond donors (Lipinski definition) is 1. The predicted octanol–water partition coefficient (Wildman–Crippen LogP) is 4.34. The first-order chi connectivity index (χ1) is 10.2. The molecule has 1 aliphatic rings. The Morgan fingerprint density at radius 3 is 2.81 bits per heavy atom. The number of benzene rings is 1. The maximum absolute atomic E-state index is 10.2. The smallest absolute Gasteiger partial charge is 0.123 e. The Labute approximate surface area is 128 Å². The molecule has 1 saturated heterocycles. The monoisotopic (exact) mass is 291 g/mol. The van der Waals surface area contributed by atoms with Crippen molar-refractivity contribution in [3.05, 3.63) is 23.8 Å². The van der Waals surface area contributed by atoms with Gasteiger partial charge in [-0.2, -0.15) is 0 Å². The molecule has 2 rings (SSSR count). The molecule has 118 valence electrons. The Kier molecular flexibility index (Phi) is 6.37. The largest absolute Gasteiger partial charge is 0.507 e. The van der Waals surface area contributed by atoms with Crippen LogP contribution in [0.3, 0.4) is 0 Å². The van der Waals surface area contributed by atoms with E-state index in [0.717, 1.165) is 30.8 Å². The quantitative estimate of drug-likeness (QED) is 0.846. The van der Waals surface area contributed by atoms with Gasteiger partial charge in [0.05, 0.1) is 6.61 Å². The second kappa shape index (κ2) is 8.28. The van der Waals surface area contributed by atoms with Crippen LogP contribution in [-0.2, 0) is 6.54 Å². The summed E-state index contributed by atoms with van der Waals surface area (Å²) in [4.78, 5) is 2.54.